The lowest BCUT2D eigenvalue weighted by molar-refractivity contribution is 0.133. The summed E-state index contributed by atoms with van der Waals surface area (Å²) in [6.07, 6.45) is 4.51. The Morgan fingerprint density at radius 3 is 2.52 bits per heavy atom. The Bertz CT molecular complexity index is 587. The van der Waals surface area contributed by atoms with Crippen molar-refractivity contribution >= 4 is 10.0 Å². The summed E-state index contributed by atoms with van der Waals surface area (Å²) < 4.78 is 28.0. The zero-order valence-electron chi connectivity index (χ0n) is 13.2. The van der Waals surface area contributed by atoms with Gasteiger partial charge in [0.1, 0.15) is 0 Å². The topological polar surface area (TPSA) is 58.2 Å². The summed E-state index contributed by atoms with van der Waals surface area (Å²) >= 11 is 0. The maximum Gasteiger partial charge on any atom is 0.240 e. The lowest BCUT2D eigenvalue weighted by Crippen LogP contribution is -2.41. The molecule has 0 heterocycles. The minimum atomic E-state index is -3.43. The Morgan fingerprint density at radius 1 is 1.29 bits per heavy atom. The van der Waals surface area contributed by atoms with Gasteiger partial charge in [0.2, 0.25) is 10.0 Å². The van der Waals surface area contributed by atoms with E-state index in [1.54, 1.807) is 6.07 Å². The van der Waals surface area contributed by atoms with E-state index in [-0.39, 0.29) is 5.41 Å². The molecule has 0 bridgehead atoms. The molecule has 0 radical (unpaired) electrons. The number of sulfonamides is 1. The van der Waals surface area contributed by atoms with Gasteiger partial charge in [0, 0.05) is 13.1 Å². The number of aryl methyl sites for hydroxylation is 1. The van der Waals surface area contributed by atoms with Gasteiger partial charge in [0.05, 0.1) is 4.90 Å². The normalized spacial score (nSPS) is 17.5. The third kappa shape index (κ3) is 3.65. The Balaban J connectivity index is 2.17. The highest BCUT2D eigenvalue weighted by Crippen LogP contribution is 2.43. The Hall–Kier alpha value is -0.910. The second-order valence-electron chi connectivity index (χ2n) is 6.16. The van der Waals surface area contributed by atoms with Crippen molar-refractivity contribution in [3.05, 3.63) is 29.3 Å². The lowest BCUT2D eigenvalue weighted by atomic mass is 9.67. The molecule has 2 N–H and O–H groups in total. The molecule has 1 fully saturated rings. The predicted molar refractivity (Wildman–Crippen MR) is 85.7 cm³/mol. The molecule has 1 aromatic rings. The van der Waals surface area contributed by atoms with Crippen LogP contribution in [0, 0.1) is 12.3 Å². The van der Waals surface area contributed by atoms with Crippen LogP contribution in [0.4, 0.5) is 0 Å². The number of hydrogen-bond donors (Lipinski definition) is 2. The molecule has 0 unspecified atom stereocenters. The van der Waals surface area contributed by atoms with Crippen LogP contribution in [-0.2, 0) is 16.6 Å². The van der Waals surface area contributed by atoms with Crippen LogP contribution in [0.2, 0.25) is 0 Å². The van der Waals surface area contributed by atoms with E-state index in [2.05, 4.69) is 17.0 Å². The maximum atomic E-state index is 12.6. The average molecular weight is 310 g/mol. The van der Waals surface area contributed by atoms with Crippen molar-refractivity contribution in [2.75, 3.05) is 13.6 Å². The van der Waals surface area contributed by atoms with Gasteiger partial charge in [-0.05, 0) is 55.8 Å². The molecular weight excluding hydrogens is 284 g/mol. The minimum absolute atomic E-state index is 0.184. The van der Waals surface area contributed by atoms with E-state index in [9.17, 15) is 8.42 Å². The number of nitrogens with one attached hydrogen (secondary N) is 2. The highest BCUT2D eigenvalue weighted by atomic mass is 32.2. The van der Waals surface area contributed by atoms with E-state index >= 15 is 0 Å². The van der Waals surface area contributed by atoms with Gasteiger partial charge < -0.3 is 5.32 Å². The highest BCUT2D eigenvalue weighted by molar-refractivity contribution is 7.89. The Kier molecular flexibility index (Phi) is 5.07. The molecular formula is C16H26N2O2S. The summed E-state index contributed by atoms with van der Waals surface area (Å²) in [7, 11) is -1.57. The van der Waals surface area contributed by atoms with Crippen molar-refractivity contribution in [1.82, 2.24) is 10.0 Å². The van der Waals surface area contributed by atoms with Gasteiger partial charge in [-0.1, -0.05) is 25.5 Å². The lowest BCUT2D eigenvalue weighted by Gasteiger charge is -2.41. The molecule has 4 nitrogen and oxygen atoms in total. The van der Waals surface area contributed by atoms with E-state index in [1.165, 1.54) is 6.42 Å². The molecule has 1 aliphatic rings. The first-order valence-corrected chi connectivity index (χ1v) is 9.14. The standard InChI is InChI=1S/C16H26N2O2S/c1-4-16(8-5-9-16)12-18-21(19,20)15-10-14(11-17-3)7-6-13(15)2/h6-7,10,17-18H,4-5,8-9,11-12H2,1-3H3. The predicted octanol–water partition coefficient (Wildman–Crippen LogP) is 2.57. The van der Waals surface area contributed by atoms with E-state index in [0.29, 0.717) is 18.0 Å². The molecule has 2 rings (SSSR count). The van der Waals surface area contributed by atoms with Crippen molar-refractivity contribution in [3.8, 4) is 0 Å². The summed E-state index contributed by atoms with van der Waals surface area (Å²) in [5.41, 5.74) is 1.96. The third-order valence-electron chi connectivity index (χ3n) is 4.72. The molecule has 5 heteroatoms. The molecule has 0 saturated heterocycles. The quantitative estimate of drug-likeness (QED) is 0.814. The molecule has 0 atom stereocenters. The number of rotatable bonds is 7. The molecule has 0 spiro atoms. The van der Waals surface area contributed by atoms with Gasteiger partial charge in [-0.15, -0.1) is 0 Å². The van der Waals surface area contributed by atoms with Crippen LogP contribution < -0.4 is 10.0 Å². The van der Waals surface area contributed by atoms with Crippen LogP contribution in [0.15, 0.2) is 23.1 Å². The van der Waals surface area contributed by atoms with Crippen molar-refractivity contribution in [1.29, 1.82) is 0 Å². The number of hydrogen-bond acceptors (Lipinski definition) is 3. The van der Waals surface area contributed by atoms with Gasteiger partial charge in [0.15, 0.2) is 0 Å². The summed E-state index contributed by atoms with van der Waals surface area (Å²) in [5, 5.41) is 3.05. The summed E-state index contributed by atoms with van der Waals surface area (Å²) in [4.78, 5) is 0.404. The molecule has 0 aromatic heterocycles. The smallest absolute Gasteiger partial charge is 0.240 e. The van der Waals surface area contributed by atoms with Crippen LogP contribution in [0.5, 0.6) is 0 Å². The molecule has 1 aromatic carbocycles. The van der Waals surface area contributed by atoms with Gasteiger partial charge in [-0.3, -0.25) is 0 Å². The first-order valence-electron chi connectivity index (χ1n) is 7.66. The van der Waals surface area contributed by atoms with E-state index in [0.717, 1.165) is 30.4 Å². The monoisotopic (exact) mass is 310 g/mol. The second kappa shape index (κ2) is 6.46. The minimum Gasteiger partial charge on any atom is -0.316 e. The number of benzene rings is 1. The van der Waals surface area contributed by atoms with Crippen LogP contribution in [-0.4, -0.2) is 22.0 Å². The molecule has 0 aliphatic heterocycles. The van der Waals surface area contributed by atoms with Crippen LogP contribution in [0.1, 0.15) is 43.7 Å². The van der Waals surface area contributed by atoms with Gasteiger partial charge >= 0.3 is 0 Å². The van der Waals surface area contributed by atoms with Crippen molar-refractivity contribution in [3.63, 3.8) is 0 Å². The maximum absolute atomic E-state index is 12.6. The molecule has 0 amide bonds. The first kappa shape index (κ1) is 16.5. The summed E-state index contributed by atoms with van der Waals surface area (Å²) in [5.74, 6) is 0. The van der Waals surface area contributed by atoms with Crippen molar-refractivity contribution < 1.29 is 8.42 Å². The molecule has 21 heavy (non-hydrogen) atoms. The van der Waals surface area contributed by atoms with Crippen LogP contribution >= 0.6 is 0 Å². The fraction of sp³-hybridized carbons (Fsp3) is 0.625. The first-order chi connectivity index (χ1) is 9.92. The van der Waals surface area contributed by atoms with Crippen molar-refractivity contribution in [2.24, 2.45) is 5.41 Å². The van der Waals surface area contributed by atoms with Crippen LogP contribution in [0.25, 0.3) is 0 Å². The largest absolute Gasteiger partial charge is 0.316 e. The van der Waals surface area contributed by atoms with E-state index < -0.39 is 10.0 Å². The van der Waals surface area contributed by atoms with Gasteiger partial charge in [0.25, 0.3) is 0 Å². The molecule has 118 valence electrons. The highest BCUT2D eigenvalue weighted by Gasteiger charge is 2.36. The van der Waals surface area contributed by atoms with Gasteiger partial charge in [-0.2, -0.15) is 0 Å². The second-order valence-corrected chi connectivity index (χ2v) is 7.90. The SMILES string of the molecule is CCC1(CNS(=O)(=O)c2cc(CNC)ccc2C)CCC1. The fourth-order valence-corrected chi connectivity index (χ4v) is 4.36. The average Bonchev–Trinajstić information content (AvgIpc) is 2.40. The Morgan fingerprint density at radius 2 is 2.00 bits per heavy atom. The summed E-state index contributed by atoms with van der Waals surface area (Å²) in [6.45, 7) is 5.21. The van der Waals surface area contributed by atoms with E-state index in [4.69, 9.17) is 0 Å². The van der Waals surface area contributed by atoms with Gasteiger partial charge in [-0.25, -0.2) is 13.1 Å². The molecule has 1 aliphatic carbocycles. The van der Waals surface area contributed by atoms with Crippen LogP contribution in [0.3, 0.4) is 0 Å². The Labute approximate surface area is 128 Å². The third-order valence-corrected chi connectivity index (χ3v) is 6.27. The molecule has 1 saturated carbocycles. The summed E-state index contributed by atoms with van der Waals surface area (Å²) in [6, 6.07) is 5.61. The van der Waals surface area contributed by atoms with E-state index in [1.807, 2.05) is 26.1 Å². The fourth-order valence-electron chi connectivity index (χ4n) is 2.91. The zero-order chi connectivity index (χ0) is 15.5. The van der Waals surface area contributed by atoms with Crippen molar-refractivity contribution in [2.45, 2.75) is 51.0 Å². The zero-order valence-corrected chi connectivity index (χ0v) is 14.0.